The maximum Gasteiger partial charge on any atom is 0.220 e. The highest BCUT2D eigenvalue weighted by Crippen LogP contribution is 2.09. The number of aliphatic hydroxyl groups is 1. The first-order chi connectivity index (χ1) is 9.60. The molecule has 2 aromatic heterocycles. The number of hydrogen-bond acceptors (Lipinski definition) is 4. The van der Waals surface area contributed by atoms with Crippen molar-refractivity contribution in [1.29, 1.82) is 0 Å². The van der Waals surface area contributed by atoms with E-state index in [0.717, 1.165) is 11.3 Å². The summed E-state index contributed by atoms with van der Waals surface area (Å²) in [5.41, 5.74) is 1.55. The number of rotatable bonds is 6. The van der Waals surface area contributed by atoms with Crippen LogP contribution in [0.5, 0.6) is 0 Å². The quantitative estimate of drug-likeness (QED) is 0.734. The summed E-state index contributed by atoms with van der Waals surface area (Å²) in [5, 5.41) is 11.9. The highest BCUT2D eigenvalue weighted by atomic mass is 16.3. The number of carbonyl (C=O) groups is 1. The largest absolute Gasteiger partial charge is 0.396 e. The van der Waals surface area contributed by atoms with E-state index in [1.807, 2.05) is 26.0 Å². The van der Waals surface area contributed by atoms with E-state index >= 15 is 0 Å². The molecule has 2 heterocycles. The second-order valence-corrected chi connectivity index (χ2v) is 5.07. The Kier molecular flexibility index (Phi) is 4.68. The van der Waals surface area contributed by atoms with Gasteiger partial charge >= 0.3 is 0 Å². The number of fused-ring (bicyclic) bond motifs is 1. The van der Waals surface area contributed by atoms with Crippen molar-refractivity contribution in [2.75, 3.05) is 6.61 Å². The van der Waals surface area contributed by atoms with Gasteiger partial charge in [-0.25, -0.2) is 9.97 Å². The molecule has 20 heavy (non-hydrogen) atoms. The lowest BCUT2D eigenvalue weighted by atomic mass is 10.1. The van der Waals surface area contributed by atoms with Crippen LogP contribution in [0.1, 0.15) is 26.1 Å². The standard InChI is InChI=1S/C14H20N4O2/c1-9(8-19)10(2)16-13(20)6-5-12-17-11-4-3-7-15-14(11)18-12/h3-4,7,9-10,19H,5-6,8H2,1-2H3,(H,16,20)(H,15,17,18). The van der Waals surface area contributed by atoms with Crippen molar-refractivity contribution in [2.45, 2.75) is 32.7 Å². The van der Waals surface area contributed by atoms with Crippen molar-refractivity contribution >= 4 is 17.1 Å². The first kappa shape index (κ1) is 14.5. The van der Waals surface area contributed by atoms with Crippen LogP contribution in [-0.4, -0.2) is 38.6 Å². The molecule has 0 aromatic carbocycles. The smallest absolute Gasteiger partial charge is 0.220 e. The Labute approximate surface area is 117 Å². The first-order valence-electron chi connectivity index (χ1n) is 6.80. The van der Waals surface area contributed by atoms with E-state index in [4.69, 9.17) is 5.11 Å². The molecule has 0 aliphatic carbocycles. The molecule has 0 saturated heterocycles. The van der Waals surface area contributed by atoms with Crippen molar-refractivity contribution in [3.63, 3.8) is 0 Å². The molecule has 6 nitrogen and oxygen atoms in total. The fraction of sp³-hybridized carbons (Fsp3) is 0.500. The second-order valence-electron chi connectivity index (χ2n) is 5.07. The molecule has 2 rings (SSSR count). The summed E-state index contributed by atoms with van der Waals surface area (Å²) in [4.78, 5) is 23.4. The van der Waals surface area contributed by atoms with Crippen LogP contribution in [0.4, 0.5) is 0 Å². The molecule has 0 fully saturated rings. The number of aromatic nitrogens is 3. The van der Waals surface area contributed by atoms with Crippen molar-refractivity contribution in [1.82, 2.24) is 20.3 Å². The number of H-pyrrole nitrogens is 1. The zero-order valence-corrected chi connectivity index (χ0v) is 11.8. The third-order valence-corrected chi connectivity index (χ3v) is 3.43. The maximum atomic E-state index is 11.8. The molecule has 0 saturated carbocycles. The van der Waals surface area contributed by atoms with Crippen LogP contribution in [0.3, 0.4) is 0 Å². The van der Waals surface area contributed by atoms with Crippen LogP contribution >= 0.6 is 0 Å². The van der Waals surface area contributed by atoms with Crippen molar-refractivity contribution < 1.29 is 9.90 Å². The highest BCUT2D eigenvalue weighted by Gasteiger charge is 2.14. The average molecular weight is 276 g/mol. The van der Waals surface area contributed by atoms with E-state index < -0.39 is 0 Å². The average Bonchev–Trinajstić information content (AvgIpc) is 2.87. The monoisotopic (exact) mass is 276 g/mol. The van der Waals surface area contributed by atoms with E-state index in [0.29, 0.717) is 18.5 Å². The van der Waals surface area contributed by atoms with Crippen molar-refractivity contribution in [3.05, 3.63) is 24.2 Å². The Bertz CT molecular complexity index is 548. The van der Waals surface area contributed by atoms with Gasteiger partial charge in [-0.1, -0.05) is 6.92 Å². The third kappa shape index (κ3) is 3.54. The number of nitrogens with zero attached hydrogens (tertiary/aromatic N) is 2. The number of pyridine rings is 1. The molecule has 2 atom stereocenters. The third-order valence-electron chi connectivity index (χ3n) is 3.43. The van der Waals surface area contributed by atoms with Crippen LogP contribution in [0.2, 0.25) is 0 Å². The first-order valence-corrected chi connectivity index (χ1v) is 6.80. The van der Waals surface area contributed by atoms with Gasteiger partial charge in [0.05, 0.1) is 5.52 Å². The van der Waals surface area contributed by atoms with E-state index in [1.54, 1.807) is 6.20 Å². The molecule has 0 aliphatic rings. The maximum absolute atomic E-state index is 11.8. The number of nitrogens with one attached hydrogen (secondary N) is 2. The van der Waals surface area contributed by atoms with Gasteiger partial charge in [-0.2, -0.15) is 0 Å². The van der Waals surface area contributed by atoms with Crippen molar-refractivity contribution in [2.24, 2.45) is 5.92 Å². The predicted octanol–water partition coefficient (Wildman–Crippen LogP) is 1.02. The number of hydrogen-bond donors (Lipinski definition) is 3. The lowest BCUT2D eigenvalue weighted by Crippen LogP contribution is -2.38. The molecule has 0 aliphatic heterocycles. The Morgan fingerprint density at radius 1 is 1.50 bits per heavy atom. The van der Waals surface area contributed by atoms with Crippen LogP contribution in [0.25, 0.3) is 11.2 Å². The van der Waals surface area contributed by atoms with Crippen LogP contribution in [0, 0.1) is 5.92 Å². The molecule has 0 bridgehead atoms. The summed E-state index contributed by atoms with van der Waals surface area (Å²) >= 11 is 0. The van der Waals surface area contributed by atoms with Gasteiger partial charge in [0.1, 0.15) is 5.82 Å². The molecular formula is C14H20N4O2. The van der Waals surface area contributed by atoms with E-state index in [2.05, 4.69) is 20.3 Å². The van der Waals surface area contributed by atoms with Crippen molar-refractivity contribution in [3.8, 4) is 0 Å². The molecule has 0 spiro atoms. The molecule has 3 N–H and O–H groups in total. The molecule has 0 radical (unpaired) electrons. The second kappa shape index (κ2) is 6.47. The number of carbonyl (C=O) groups excluding carboxylic acids is 1. The Hall–Kier alpha value is -1.95. The molecular weight excluding hydrogens is 256 g/mol. The number of imidazole rings is 1. The predicted molar refractivity (Wildman–Crippen MR) is 76.1 cm³/mol. The molecule has 1 amide bonds. The minimum atomic E-state index is -0.0372. The summed E-state index contributed by atoms with van der Waals surface area (Å²) in [5.74, 6) is 0.775. The molecule has 108 valence electrons. The minimum Gasteiger partial charge on any atom is -0.396 e. The fourth-order valence-corrected chi connectivity index (χ4v) is 1.87. The van der Waals surface area contributed by atoms with Gasteiger partial charge in [0.2, 0.25) is 5.91 Å². The van der Waals surface area contributed by atoms with E-state index in [1.165, 1.54) is 0 Å². The fourth-order valence-electron chi connectivity index (χ4n) is 1.87. The van der Waals surface area contributed by atoms with Crippen LogP contribution < -0.4 is 5.32 Å². The van der Waals surface area contributed by atoms with Gasteiger partial charge in [-0.15, -0.1) is 0 Å². The lowest BCUT2D eigenvalue weighted by Gasteiger charge is -2.18. The van der Waals surface area contributed by atoms with E-state index in [9.17, 15) is 4.79 Å². The highest BCUT2D eigenvalue weighted by molar-refractivity contribution is 5.76. The SMILES string of the molecule is CC(CO)C(C)NC(=O)CCc1nc2ncccc2[nH]1. The number of aromatic amines is 1. The summed E-state index contributed by atoms with van der Waals surface area (Å²) in [6.45, 7) is 3.86. The summed E-state index contributed by atoms with van der Waals surface area (Å²) in [7, 11) is 0. The summed E-state index contributed by atoms with van der Waals surface area (Å²) in [6.07, 6.45) is 2.60. The van der Waals surface area contributed by atoms with Gasteiger partial charge in [-0.05, 0) is 25.0 Å². The molecule has 6 heteroatoms. The zero-order chi connectivity index (χ0) is 14.5. The van der Waals surface area contributed by atoms with Crippen LogP contribution in [-0.2, 0) is 11.2 Å². The Balaban J connectivity index is 1.87. The number of aliphatic hydroxyl groups excluding tert-OH is 1. The van der Waals surface area contributed by atoms with Gasteiger partial charge in [0.25, 0.3) is 0 Å². The summed E-state index contributed by atoms with van der Waals surface area (Å²) < 4.78 is 0. The number of aryl methyl sites for hydroxylation is 1. The zero-order valence-electron chi connectivity index (χ0n) is 11.8. The Morgan fingerprint density at radius 2 is 2.30 bits per heavy atom. The topological polar surface area (TPSA) is 90.9 Å². The van der Waals surface area contributed by atoms with Gasteiger partial charge in [0, 0.05) is 31.7 Å². The normalized spacial score (nSPS) is 14.2. The minimum absolute atomic E-state index is 0.0359. The van der Waals surface area contributed by atoms with Gasteiger partial charge in [0.15, 0.2) is 5.65 Å². The molecule has 2 aromatic rings. The lowest BCUT2D eigenvalue weighted by molar-refractivity contribution is -0.122. The van der Waals surface area contributed by atoms with Gasteiger partial charge < -0.3 is 15.4 Å². The van der Waals surface area contributed by atoms with Gasteiger partial charge in [-0.3, -0.25) is 4.79 Å². The molecule has 2 unspecified atom stereocenters. The Morgan fingerprint density at radius 3 is 3.00 bits per heavy atom. The van der Waals surface area contributed by atoms with E-state index in [-0.39, 0.29) is 24.5 Å². The van der Waals surface area contributed by atoms with Crippen LogP contribution in [0.15, 0.2) is 18.3 Å². The summed E-state index contributed by atoms with van der Waals surface area (Å²) in [6, 6.07) is 3.71. The number of amides is 1.